The second-order valence-electron chi connectivity index (χ2n) is 5.39. The lowest BCUT2D eigenvalue weighted by atomic mass is 9.89. The molecule has 96 valence electrons. The standard InChI is InChI=1S/C15H24O2/c1-9(2)12-7-8-13(16)15(17-11(5)6)14(12)10(3)4/h7-11,16H,1-6H3. The third-order valence-corrected chi connectivity index (χ3v) is 2.76. The smallest absolute Gasteiger partial charge is 0.165 e. The van der Waals surface area contributed by atoms with Crippen molar-refractivity contribution in [1.29, 1.82) is 0 Å². The monoisotopic (exact) mass is 236 g/mol. The van der Waals surface area contributed by atoms with Gasteiger partial charge in [-0.05, 0) is 37.3 Å². The number of aromatic hydroxyl groups is 1. The topological polar surface area (TPSA) is 29.5 Å². The van der Waals surface area contributed by atoms with Crippen molar-refractivity contribution < 1.29 is 9.84 Å². The molecule has 0 aliphatic rings. The Hall–Kier alpha value is -1.18. The van der Waals surface area contributed by atoms with Gasteiger partial charge >= 0.3 is 0 Å². The van der Waals surface area contributed by atoms with Crippen molar-refractivity contribution in [3.63, 3.8) is 0 Å². The van der Waals surface area contributed by atoms with E-state index in [-0.39, 0.29) is 11.9 Å². The predicted octanol–water partition coefficient (Wildman–Crippen LogP) is 4.43. The molecule has 0 spiro atoms. The van der Waals surface area contributed by atoms with E-state index in [1.54, 1.807) is 6.07 Å². The van der Waals surface area contributed by atoms with Gasteiger partial charge in [-0.3, -0.25) is 0 Å². The first kappa shape index (κ1) is 13.9. The van der Waals surface area contributed by atoms with Gasteiger partial charge in [0, 0.05) is 5.56 Å². The fourth-order valence-electron chi connectivity index (χ4n) is 2.06. The molecule has 0 fully saturated rings. The summed E-state index contributed by atoms with van der Waals surface area (Å²) in [7, 11) is 0. The second kappa shape index (κ2) is 5.44. The van der Waals surface area contributed by atoms with Crippen LogP contribution in [0.5, 0.6) is 11.5 Å². The van der Waals surface area contributed by atoms with Gasteiger partial charge in [0.2, 0.25) is 0 Å². The molecule has 0 aliphatic carbocycles. The van der Waals surface area contributed by atoms with Crippen LogP contribution in [0.1, 0.15) is 64.5 Å². The Kier molecular flexibility index (Phi) is 4.44. The van der Waals surface area contributed by atoms with Crippen LogP contribution in [0.4, 0.5) is 0 Å². The van der Waals surface area contributed by atoms with E-state index in [2.05, 4.69) is 27.7 Å². The highest BCUT2D eigenvalue weighted by Crippen LogP contribution is 2.40. The second-order valence-corrected chi connectivity index (χ2v) is 5.39. The molecule has 0 atom stereocenters. The van der Waals surface area contributed by atoms with E-state index < -0.39 is 0 Å². The largest absolute Gasteiger partial charge is 0.504 e. The molecule has 0 saturated heterocycles. The maximum absolute atomic E-state index is 9.97. The summed E-state index contributed by atoms with van der Waals surface area (Å²) in [6.45, 7) is 12.5. The average molecular weight is 236 g/mol. The normalized spacial score (nSPS) is 11.6. The van der Waals surface area contributed by atoms with Crippen LogP contribution in [0.15, 0.2) is 12.1 Å². The van der Waals surface area contributed by atoms with Crippen LogP contribution in [-0.2, 0) is 0 Å². The lowest BCUT2D eigenvalue weighted by Gasteiger charge is -2.22. The lowest BCUT2D eigenvalue weighted by molar-refractivity contribution is 0.228. The van der Waals surface area contributed by atoms with Gasteiger partial charge in [0.05, 0.1) is 6.10 Å². The highest BCUT2D eigenvalue weighted by molar-refractivity contribution is 5.52. The number of benzene rings is 1. The van der Waals surface area contributed by atoms with Gasteiger partial charge in [-0.2, -0.15) is 0 Å². The van der Waals surface area contributed by atoms with Crippen LogP contribution in [0.3, 0.4) is 0 Å². The Morgan fingerprint density at radius 1 is 0.941 bits per heavy atom. The Labute approximate surface area is 105 Å². The zero-order valence-corrected chi connectivity index (χ0v) is 11.7. The molecule has 0 aromatic heterocycles. The molecule has 0 radical (unpaired) electrons. The van der Waals surface area contributed by atoms with Gasteiger partial charge < -0.3 is 9.84 Å². The van der Waals surface area contributed by atoms with Crippen LogP contribution < -0.4 is 4.74 Å². The lowest BCUT2D eigenvalue weighted by Crippen LogP contribution is -2.10. The minimum absolute atomic E-state index is 0.0702. The van der Waals surface area contributed by atoms with Gasteiger partial charge in [-0.15, -0.1) is 0 Å². The molecule has 0 unspecified atom stereocenters. The molecule has 0 amide bonds. The predicted molar refractivity (Wildman–Crippen MR) is 72.0 cm³/mol. The van der Waals surface area contributed by atoms with E-state index in [0.29, 0.717) is 17.6 Å². The van der Waals surface area contributed by atoms with Gasteiger partial charge in [0.25, 0.3) is 0 Å². The van der Waals surface area contributed by atoms with Crippen LogP contribution in [-0.4, -0.2) is 11.2 Å². The summed E-state index contributed by atoms with van der Waals surface area (Å²) in [4.78, 5) is 0. The van der Waals surface area contributed by atoms with Gasteiger partial charge in [-0.1, -0.05) is 33.8 Å². The van der Waals surface area contributed by atoms with Crippen molar-refractivity contribution in [3.8, 4) is 11.5 Å². The Bertz CT molecular complexity index is 379. The molecule has 2 heteroatoms. The summed E-state index contributed by atoms with van der Waals surface area (Å²) in [5.41, 5.74) is 2.39. The number of hydrogen-bond acceptors (Lipinski definition) is 2. The molecule has 17 heavy (non-hydrogen) atoms. The molecule has 0 aliphatic heterocycles. The maximum Gasteiger partial charge on any atom is 0.165 e. The first-order chi connectivity index (χ1) is 7.84. The minimum atomic E-state index is 0.0702. The zero-order chi connectivity index (χ0) is 13.2. The van der Waals surface area contributed by atoms with E-state index in [0.717, 1.165) is 5.56 Å². The summed E-state index contributed by atoms with van der Waals surface area (Å²) in [5, 5.41) is 9.97. The molecular formula is C15H24O2. The summed E-state index contributed by atoms with van der Waals surface area (Å²) < 4.78 is 5.78. The maximum atomic E-state index is 9.97. The fourth-order valence-corrected chi connectivity index (χ4v) is 2.06. The third-order valence-electron chi connectivity index (χ3n) is 2.76. The molecule has 1 N–H and O–H groups in total. The number of phenols is 1. The zero-order valence-electron chi connectivity index (χ0n) is 11.7. The third kappa shape index (κ3) is 3.15. The Balaban J connectivity index is 3.37. The molecule has 1 rings (SSSR count). The summed E-state index contributed by atoms with van der Waals surface area (Å²) in [5.74, 6) is 1.67. The van der Waals surface area contributed by atoms with E-state index in [4.69, 9.17) is 4.74 Å². The van der Waals surface area contributed by atoms with E-state index in [1.807, 2.05) is 19.9 Å². The van der Waals surface area contributed by atoms with E-state index >= 15 is 0 Å². The molecule has 0 heterocycles. The first-order valence-corrected chi connectivity index (χ1v) is 6.37. The van der Waals surface area contributed by atoms with E-state index in [1.165, 1.54) is 5.56 Å². The average Bonchev–Trinajstić information content (AvgIpc) is 2.19. The van der Waals surface area contributed by atoms with Crippen molar-refractivity contribution >= 4 is 0 Å². The molecule has 0 saturated carbocycles. The Morgan fingerprint density at radius 3 is 1.94 bits per heavy atom. The number of rotatable bonds is 4. The molecular weight excluding hydrogens is 212 g/mol. The number of phenolic OH excluding ortho intramolecular Hbond substituents is 1. The highest BCUT2D eigenvalue weighted by Gasteiger charge is 2.19. The van der Waals surface area contributed by atoms with Crippen molar-refractivity contribution in [2.24, 2.45) is 0 Å². The molecule has 2 nitrogen and oxygen atoms in total. The molecule has 1 aromatic carbocycles. The molecule has 0 bridgehead atoms. The van der Waals surface area contributed by atoms with Crippen LogP contribution in [0, 0.1) is 0 Å². The first-order valence-electron chi connectivity index (χ1n) is 6.37. The van der Waals surface area contributed by atoms with Crippen molar-refractivity contribution in [2.45, 2.75) is 59.5 Å². The molecule has 1 aromatic rings. The number of ether oxygens (including phenoxy) is 1. The Morgan fingerprint density at radius 2 is 1.53 bits per heavy atom. The van der Waals surface area contributed by atoms with Crippen LogP contribution in [0.25, 0.3) is 0 Å². The number of hydrogen-bond donors (Lipinski definition) is 1. The fraction of sp³-hybridized carbons (Fsp3) is 0.600. The van der Waals surface area contributed by atoms with Gasteiger partial charge in [-0.25, -0.2) is 0 Å². The van der Waals surface area contributed by atoms with Crippen molar-refractivity contribution in [1.82, 2.24) is 0 Å². The van der Waals surface area contributed by atoms with Gasteiger partial charge in [0.1, 0.15) is 0 Å². The minimum Gasteiger partial charge on any atom is -0.504 e. The van der Waals surface area contributed by atoms with Crippen molar-refractivity contribution in [2.75, 3.05) is 0 Å². The van der Waals surface area contributed by atoms with E-state index in [9.17, 15) is 5.11 Å². The summed E-state index contributed by atoms with van der Waals surface area (Å²) >= 11 is 0. The van der Waals surface area contributed by atoms with Crippen LogP contribution in [0.2, 0.25) is 0 Å². The van der Waals surface area contributed by atoms with Gasteiger partial charge in [0.15, 0.2) is 11.5 Å². The summed E-state index contributed by atoms with van der Waals surface area (Å²) in [6.07, 6.45) is 0.0702. The SMILES string of the molecule is CC(C)Oc1c(O)ccc(C(C)C)c1C(C)C. The van der Waals surface area contributed by atoms with Crippen molar-refractivity contribution in [3.05, 3.63) is 23.3 Å². The quantitative estimate of drug-likeness (QED) is 0.838. The highest BCUT2D eigenvalue weighted by atomic mass is 16.5. The summed E-state index contributed by atoms with van der Waals surface area (Å²) in [6, 6.07) is 3.74. The van der Waals surface area contributed by atoms with Crippen LogP contribution >= 0.6 is 0 Å².